The number of carbonyl (C=O) groups excluding carboxylic acids is 1. The highest BCUT2D eigenvalue weighted by Crippen LogP contribution is 2.22. The van der Waals surface area contributed by atoms with Crippen LogP contribution in [-0.2, 0) is 17.6 Å². The van der Waals surface area contributed by atoms with Gasteiger partial charge in [-0.15, -0.1) is 21.5 Å². The molecule has 0 aliphatic heterocycles. The van der Waals surface area contributed by atoms with Gasteiger partial charge in [-0.1, -0.05) is 30.3 Å². The van der Waals surface area contributed by atoms with Crippen molar-refractivity contribution >= 4 is 28.6 Å². The number of nitrogens with one attached hydrogen (secondary N) is 1. The Morgan fingerprint density at radius 2 is 1.93 bits per heavy atom. The number of benzene rings is 1. The van der Waals surface area contributed by atoms with Crippen LogP contribution < -0.4 is 5.32 Å². The average molecular weight is 411 g/mol. The van der Waals surface area contributed by atoms with Gasteiger partial charge in [-0.25, -0.2) is 4.98 Å². The lowest BCUT2D eigenvalue weighted by Crippen LogP contribution is -2.25. The number of nitrogens with zero attached hydrogens (tertiary/aromatic N) is 3. The Balaban J connectivity index is 1.21. The normalized spacial score (nSPS) is 10.9. The maximum atomic E-state index is 12.1. The van der Waals surface area contributed by atoms with Gasteiger partial charge in [0.05, 0.1) is 10.7 Å². The predicted molar refractivity (Wildman–Crippen MR) is 110 cm³/mol. The van der Waals surface area contributed by atoms with Gasteiger partial charge in [0.1, 0.15) is 0 Å². The highest BCUT2D eigenvalue weighted by Gasteiger charge is 2.11. The molecule has 1 N–H and O–H groups in total. The van der Waals surface area contributed by atoms with E-state index in [0.29, 0.717) is 37.6 Å². The third kappa shape index (κ3) is 4.71. The van der Waals surface area contributed by atoms with Gasteiger partial charge in [0.2, 0.25) is 17.7 Å². The summed E-state index contributed by atoms with van der Waals surface area (Å²) in [5.41, 5.74) is 2.99. The second-order valence-electron chi connectivity index (χ2n) is 6.11. The van der Waals surface area contributed by atoms with E-state index >= 15 is 0 Å². The van der Waals surface area contributed by atoms with Crippen LogP contribution in [-0.4, -0.2) is 27.6 Å². The minimum Gasteiger partial charge on any atom is -0.421 e. The average Bonchev–Trinajstić information content (AvgIpc) is 3.48. The van der Waals surface area contributed by atoms with Gasteiger partial charge < -0.3 is 9.73 Å². The fourth-order valence-corrected chi connectivity index (χ4v) is 4.08. The summed E-state index contributed by atoms with van der Waals surface area (Å²) in [6, 6.07) is 12.0. The summed E-state index contributed by atoms with van der Waals surface area (Å²) in [6.45, 7) is 0.560. The van der Waals surface area contributed by atoms with E-state index in [9.17, 15) is 4.79 Å². The van der Waals surface area contributed by atoms with Crippen molar-refractivity contribution in [2.45, 2.75) is 19.3 Å². The quantitative estimate of drug-likeness (QED) is 0.470. The standard InChI is InChI=1S/C20H18N4O2S2/c25-17(6-7-18-23-24-20(26-18)15-9-11-27-12-15)21-10-8-19-22-16(13-28-19)14-4-2-1-3-5-14/h1-5,9,11-13H,6-8,10H2,(H,21,25). The van der Waals surface area contributed by atoms with Crippen LogP contribution in [0.2, 0.25) is 0 Å². The second kappa shape index (κ2) is 8.90. The topological polar surface area (TPSA) is 80.9 Å². The number of amides is 1. The van der Waals surface area contributed by atoms with E-state index < -0.39 is 0 Å². The van der Waals surface area contributed by atoms with Crippen molar-refractivity contribution in [3.05, 3.63) is 63.4 Å². The van der Waals surface area contributed by atoms with Gasteiger partial charge in [-0.05, 0) is 11.4 Å². The van der Waals surface area contributed by atoms with Crippen LogP contribution in [0.15, 0.2) is 57.0 Å². The van der Waals surface area contributed by atoms with E-state index in [4.69, 9.17) is 4.42 Å². The number of rotatable bonds is 8. The lowest BCUT2D eigenvalue weighted by atomic mass is 10.2. The van der Waals surface area contributed by atoms with Crippen molar-refractivity contribution in [1.29, 1.82) is 0 Å². The van der Waals surface area contributed by atoms with Crippen LogP contribution in [0.1, 0.15) is 17.3 Å². The monoisotopic (exact) mass is 410 g/mol. The molecule has 0 atom stereocenters. The molecule has 1 aromatic carbocycles. The van der Waals surface area contributed by atoms with E-state index in [1.807, 2.05) is 52.5 Å². The van der Waals surface area contributed by atoms with Crippen molar-refractivity contribution < 1.29 is 9.21 Å². The summed E-state index contributed by atoms with van der Waals surface area (Å²) in [6.07, 6.45) is 1.46. The molecule has 3 aromatic heterocycles. The van der Waals surface area contributed by atoms with Crippen molar-refractivity contribution in [1.82, 2.24) is 20.5 Å². The van der Waals surface area contributed by atoms with E-state index in [0.717, 1.165) is 21.8 Å². The molecule has 6 nitrogen and oxygen atoms in total. The smallest absolute Gasteiger partial charge is 0.248 e. The number of carbonyl (C=O) groups is 1. The first kappa shape index (κ1) is 18.5. The maximum Gasteiger partial charge on any atom is 0.248 e. The third-order valence-electron chi connectivity index (χ3n) is 4.08. The number of aromatic nitrogens is 3. The summed E-state index contributed by atoms with van der Waals surface area (Å²) >= 11 is 3.19. The molecule has 142 valence electrons. The first-order valence-corrected chi connectivity index (χ1v) is 10.7. The molecule has 28 heavy (non-hydrogen) atoms. The zero-order valence-electron chi connectivity index (χ0n) is 15.0. The molecule has 0 saturated carbocycles. The third-order valence-corrected chi connectivity index (χ3v) is 5.68. The van der Waals surface area contributed by atoms with E-state index in [2.05, 4.69) is 20.5 Å². The molecule has 3 heterocycles. The summed E-state index contributed by atoms with van der Waals surface area (Å²) in [5, 5.41) is 17.9. The Bertz CT molecular complexity index is 1030. The molecule has 0 aliphatic carbocycles. The van der Waals surface area contributed by atoms with Crippen LogP contribution in [0.4, 0.5) is 0 Å². The van der Waals surface area contributed by atoms with Crippen LogP contribution in [0.25, 0.3) is 22.7 Å². The summed E-state index contributed by atoms with van der Waals surface area (Å²) in [4.78, 5) is 16.7. The SMILES string of the molecule is O=C(CCc1nnc(-c2ccsc2)o1)NCCc1nc(-c2ccccc2)cs1. The van der Waals surface area contributed by atoms with Gasteiger partial charge in [-0.2, -0.15) is 11.3 Å². The maximum absolute atomic E-state index is 12.1. The Morgan fingerprint density at radius 3 is 2.75 bits per heavy atom. The van der Waals surface area contributed by atoms with Crippen molar-refractivity contribution in [2.24, 2.45) is 0 Å². The molecule has 0 bridgehead atoms. The lowest BCUT2D eigenvalue weighted by Gasteiger charge is -2.02. The van der Waals surface area contributed by atoms with Gasteiger partial charge >= 0.3 is 0 Å². The molecule has 0 spiro atoms. The number of hydrogen-bond donors (Lipinski definition) is 1. The summed E-state index contributed by atoms with van der Waals surface area (Å²) in [5.74, 6) is 0.938. The van der Waals surface area contributed by atoms with E-state index in [1.54, 1.807) is 22.7 Å². The van der Waals surface area contributed by atoms with Gasteiger partial charge in [0, 0.05) is 47.7 Å². The predicted octanol–water partition coefficient (Wildman–Crippen LogP) is 4.21. The fraction of sp³-hybridized carbons (Fsp3) is 0.200. The fourth-order valence-electron chi connectivity index (χ4n) is 2.64. The van der Waals surface area contributed by atoms with Gasteiger partial charge in [0.15, 0.2) is 0 Å². The molecule has 0 unspecified atom stereocenters. The van der Waals surface area contributed by atoms with Gasteiger partial charge in [0.25, 0.3) is 0 Å². The zero-order valence-corrected chi connectivity index (χ0v) is 16.6. The van der Waals surface area contributed by atoms with E-state index in [-0.39, 0.29) is 5.91 Å². The Hall–Kier alpha value is -2.84. The molecular formula is C20H18N4O2S2. The molecule has 0 saturated heterocycles. The number of thiophene rings is 1. The Kier molecular flexibility index (Phi) is 5.89. The molecule has 8 heteroatoms. The Morgan fingerprint density at radius 1 is 1.04 bits per heavy atom. The summed E-state index contributed by atoms with van der Waals surface area (Å²) in [7, 11) is 0. The molecular weight excluding hydrogens is 392 g/mol. The van der Waals surface area contributed by atoms with Crippen LogP contribution in [0.5, 0.6) is 0 Å². The second-order valence-corrected chi connectivity index (χ2v) is 7.83. The van der Waals surface area contributed by atoms with E-state index in [1.165, 1.54) is 0 Å². The summed E-state index contributed by atoms with van der Waals surface area (Å²) < 4.78 is 5.59. The molecule has 4 aromatic rings. The first-order chi connectivity index (χ1) is 13.8. The minimum absolute atomic E-state index is 0.0323. The number of aryl methyl sites for hydroxylation is 1. The highest BCUT2D eigenvalue weighted by molar-refractivity contribution is 7.10. The van der Waals surface area contributed by atoms with Crippen molar-refractivity contribution in [2.75, 3.05) is 6.54 Å². The Labute approximate surface area is 170 Å². The molecule has 0 radical (unpaired) electrons. The van der Waals surface area contributed by atoms with Crippen molar-refractivity contribution in [3.63, 3.8) is 0 Å². The van der Waals surface area contributed by atoms with Crippen LogP contribution in [0, 0.1) is 0 Å². The highest BCUT2D eigenvalue weighted by atomic mass is 32.1. The molecule has 0 aliphatic rings. The minimum atomic E-state index is -0.0323. The molecule has 1 amide bonds. The largest absolute Gasteiger partial charge is 0.421 e. The molecule has 0 fully saturated rings. The van der Waals surface area contributed by atoms with Crippen LogP contribution in [0.3, 0.4) is 0 Å². The first-order valence-electron chi connectivity index (χ1n) is 8.89. The lowest BCUT2D eigenvalue weighted by molar-refractivity contribution is -0.121. The zero-order chi connectivity index (χ0) is 19.2. The van der Waals surface area contributed by atoms with Crippen molar-refractivity contribution in [3.8, 4) is 22.7 Å². The number of hydrogen-bond acceptors (Lipinski definition) is 7. The number of thiazole rings is 1. The van der Waals surface area contributed by atoms with Gasteiger partial charge in [-0.3, -0.25) is 4.79 Å². The molecule has 4 rings (SSSR count). The van der Waals surface area contributed by atoms with Crippen LogP contribution >= 0.6 is 22.7 Å².